The molecule has 0 bridgehead atoms. The third kappa shape index (κ3) is 7.17. The first kappa shape index (κ1) is 24.0. The molecule has 0 unspecified atom stereocenters. The number of carbonyl (C=O) groups is 1. The van der Waals surface area contributed by atoms with Gasteiger partial charge in [-0.15, -0.1) is 0 Å². The van der Waals surface area contributed by atoms with Crippen molar-refractivity contribution >= 4 is 17.2 Å². The maximum atomic E-state index is 12.3. The van der Waals surface area contributed by atoms with Gasteiger partial charge in [0.1, 0.15) is 0 Å². The molecule has 1 N–H and O–H groups in total. The molecule has 0 atom stereocenters. The average Bonchev–Trinajstić information content (AvgIpc) is 3.32. The summed E-state index contributed by atoms with van der Waals surface area (Å²) in [5, 5.41) is 11.7. The van der Waals surface area contributed by atoms with Crippen molar-refractivity contribution in [2.24, 2.45) is 13.0 Å². The van der Waals surface area contributed by atoms with Crippen molar-refractivity contribution in [1.29, 1.82) is 0 Å². The number of nitrogens with zero attached hydrogens (tertiary/aromatic N) is 5. The Morgan fingerprint density at radius 3 is 2.79 bits per heavy atom. The largest absolute Gasteiger partial charge is 0.464 e. The number of hydrogen-bond acceptors (Lipinski definition) is 7. The molecule has 1 aliphatic carbocycles. The molecular formula is C22H32F2N6O2S. The van der Waals surface area contributed by atoms with Gasteiger partial charge in [0.05, 0.1) is 24.0 Å². The van der Waals surface area contributed by atoms with Crippen molar-refractivity contribution in [1.82, 2.24) is 30.2 Å². The van der Waals surface area contributed by atoms with Crippen molar-refractivity contribution in [3.8, 4) is 5.19 Å². The van der Waals surface area contributed by atoms with Crippen LogP contribution >= 0.6 is 11.3 Å². The van der Waals surface area contributed by atoms with Crippen LogP contribution in [0.2, 0.25) is 0 Å². The zero-order valence-corrected chi connectivity index (χ0v) is 19.8. The van der Waals surface area contributed by atoms with Crippen molar-refractivity contribution in [3.05, 3.63) is 22.5 Å². The minimum absolute atomic E-state index is 0.0207. The summed E-state index contributed by atoms with van der Waals surface area (Å²) in [6, 6.07) is 0.257. The molecule has 2 aromatic rings. The number of aryl methyl sites for hydroxylation is 1. The van der Waals surface area contributed by atoms with Gasteiger partial charge in [0.2, 0.25) is 5.91 Å². The summed E-state index contributed by atoms with van der Waals surface area (Å²) >= 11 is 1.41. The van der Waals surface area contributed by atoms with Crippen LogP contribution in [0.3, 0.4) is 0 Å². The first-order valence-electron chi connectivity index (χ1n) is 11.7. The minimum atomic E-state index is -2.47. The number of ether oxygens (including phenoxy) is 1. The van der Waals surface area contributed by atoms with Crippen LogP contribution in [0, 0.1) is 5.92 Å². The topological polar surface area (TPSA) is 85.2 Å². The Kier molecular flexibility index (Phi) is 8.24. The number of alkyl halides is 2. The van der Waals surface area contributed by atoms with E-state index in [0.29, 0.717) is 16.8 Å². The van der Waals surface area contributed by atoms with Crippen LogP contribution in [0.1, 0.15) is 48.4 Å². The molecular weight excluding hydrogens is 450 g/mol. The number of halogens is 2. The first-order chi connectivity index (χ1) is 15.9. The van der Waals surface area contributed by atoms with Gasteiger partial charge < -0.3 is 15.0 Å². The van der Waals surface area contributed by atoms with Crippen LogP contribution in [-0.2, 0) is 31.1 Å². The normalized spacial score (nSPS) is 21.6. The van der Waals surface area contributed by atoms with Gasteiger partial charge in [0.15, 0.2) is 6.61 Å². The fourth-order valence-electron chi connectivity index (χ4n) is 4.68. The molecule has 0 spiro atoms. The van der Waals surface area contributed by atoms with E-state index in [4.69, 9.17) is 4.74 Å². The SMILES string of the molecule is Cn1ncc(CC(=O)NC2CCC(CCN3CCc4nc(OCC(F)F)sc4CC3)CC2)n1. The number of carbonyl (C=O) groups excluding carboxylic acids is 1. The third-order valence-electron chi connectivity index (χ3n) is 6.47. The summed E-state index contributed by atoms with van der Waals surface area (Å²) in [4.78, 5) is 21.8. The number of rotatable bonds is 9. The van der Waals surface area contributed by atoms with E-state index in [1.807, 2.05) is 0 Å². The molecule has 1 fully saturated rings. The Labute approximate surface area is 196 Å². The lowest BCUT2D eigenvalue weighted by Crippen LogP contribution is -2.39. The summed E-state index contributed by atoms with van der Waals surface area (Å²) in [6.45, 7) is 2.39. The van der Waals surface area contributed by atoms with Crippen molar-refractivity contribution in [3.63, 3.8) is 0 Å². The second-order valence-electron chi connectivity index (χ2n) is 8.97. The van der Waals surface area contributed by atoms with Crippen LogP contribution in [-0.4, -0.2) is 69.5 Å². The summed E-state index contributed by atoms with van der Waals surface area (Å²) < 4.78 is 29.8. The second-order valence-corrected chi connectivity index (χ2v) is 10.0. The number of hydrogen-bond donors (Lipinski definition) is 1. The lowest BCUT2D eigenvalue weighted by molar-refractivity contribution is -0.121. The fraction of sp³-hybridized carbons (Fsp3) is 0.727. The highest BCUT2D eigenvalue weighted by molar-refractivity contribution is 7.13. The molecule has 2 aliphatic rings. The molecule has 182 valence electrons. The van der Waals surface area contributed by atoms with E-state index in [1.54, 1.807) is 13.2 Å². The highest BCUT2D eigenvalue weighted by Crippen LogP contribution is 2.30. The Bertz CT molecular complexity index is 887. The monoisotopic (exact) mass is 482 g/mol. The minimum Gasteiger partial charge on any atom is -0.464 e. The molecule has 2 aromatic heterocycles. The first-order valence-corrected chi connectivity index (χ1v) is 12.5. The smallest absolute Gasteiger partial charge is 0.273 e. The molecule has 1 saturated carbocycles. The highest BCUT2D eigenvalue weighted by Gasteiger charge is 2.24. The zero-order chi connectivity index (χ0) is 23.2. The van der Waals surface area contributed by atoms with Crippen LogP contribution in [0.4, 0.5) is 8.78 Å². The summed E-state index contributed by atoms with van der Waals surface area (Å²) in [7, 11) is 1.75. The average molecular weight is 483 g/mol. The van der Waals surface area contributed by atoms with Crippen LogP contribution in [0.25, 0.3) is 0 Å². The Morgan fingerprint density at radius 1 is 1.27 bits per heavy atom. The van der Waals surface area contributed by atoms with Crippen LogP contribution in [0.5, 0.6) is 5.19 Å². The fourth-order valence-corrected chi connectivity index (χ4v) is 5.63. The van der Waals surface area contributed by atoms with E-state index < -0.39 is 13.0 Å². The van der Waals surface area contributed by atoms with Gasteiger partial charge in [-0.25, -0.2) is 13.8 Å². The Balaban J connectivity index is 1.13. The van der Waals surface area contributed by atoms with E-state index in [-0.39, 0.29) is 18.4 Å². The molecule has 0 radical (unpaired) electrons. The summed E-state index contributed by atoms with van der Waals surface area (Å²) in [5.41, 5.74) is 1.70. The van der Waals surface area contributed by atoms with Crippen molar-refractivity contribution in [2.75, 3.05) is 26.2 Å². The standard InChI is InChI=1S/C22H32F2N6O2S/c1-29-25-13-17(28-29)12-21(31)26-16-4-2-15(3-5-16)6-9-30-10-7-18-19(8-11-30)33-22(27-18)32-14-20(23)24/h13,15-16,20H,2-12,14H2,1H3,(H,26,31). The Morgan fingerprint density at radius 2 is 2.06 bits per heavy atom. The molecule has 33 heavy (non-hydrogen) atoms. The van der Waals surface area contributed by atoms with Crippen molar-refractivity contribution < 1.29 is 18.3 Å². The van der Waals surface area contributed by atoms with Crippen molar-refractivity contribution in [2.45, 2.75) is 63.8 Å². The van der Waals surface area contributed by atoms with E-state index in [9.17, 15) is 13.6 Å². The number of fused-ring (bicyclic) bond motifs is 1. The number of amides is 1. The van der Waals surface area contributed by atoms with Gasteiger partial charge in [-0.1, -0.05) is 11.3 Å². The molecule has 0 saturated heterocycles. The van der Waals surface area contributed by atoms with E-state index in [2.05, 4.69) is 25.4 Å². The summed E-state index contributed by atoms with van der Waals surface area (Å²) in [5.74, 6) is 0.718. The number of aromatic nitrogens is 4. The van der Waals surface area contributed by atoms with Gasteiger partial charge in [0.25, 0.3) is 11.6 Å². The molecule has 11 heteroatoms. The van der Waals surface area contributed by atoms with Gasteiger partial charge in [-0.3, -0.25) is 4.79 Å². The second kappa shape index (κ2) is 11.3. The van der Waals surface area contributed by atoms with Crippen LogP contribution < -0.4 is 10.1 Å². The quantitative estimate of drug-likeness (QED) is 0.592. The maximum absolute atomic E-state index is 12.3. The molecule has 1 aliphatic heterocycles. The van der Waals surface area contributed by atoms with E-state index >= 15 is 0 Å². The van der Waals surface area contributed by atoms with E-state index in [0.717, 1.165) is 63.9 Å². The lowest BCUT2D eigenvalue weighted by atomic mass is 9.84. The lowest BCUT2D eigenvalue weighted by Gasteiger charge is -2.30. The molecule has 4 rings (SSSR count). The number of thiazole rings is 1. The molecule has 1 amide bonds. The van der Waals surface area contributed by atoms with Gasteiger partial charge in [0, 0.05) is 37.5 Å². The van der Waals surface area contributed by atoms with E-state index in [1.165, 1.54) is 27.4 Å². The third-order valence-corrected chi connectivity index (χ3v) is 7.54. The zero-order valence-electron chi connectivity index (χ0n) is 19.0. The molecule has 0 aromatic carbocycles. The van der Waals surface area contributed by atoms with Crippen LogP contribution in [0.15, 0.2) is 6.20 Å². The van der Waals surface area contributed by atoms with Gasteiger partial charge in [-0.2, -0.15) is 15.0 Å². The predicted molar refractivity (Wildman–Crippen MR) is 121 cm³/mol. The van der Waals surface area contributed by atoms with Gasteiger partial charge >= 0.3 is 0 Å². The molecule has 3 heterocycles. The highest BCUT2D eigenvalue weighted by atomic mass is 32.1. The van der Waals surface area contributed by atoms with Gasteiger partial charge in [-0.05, 0) is 51.0 Å². The summed E-state index contributed by atoms with van der Waals surface area (Å²) in [6.07, 6.45) is 6.69. The predicted octanol–water partition coefficient (Wildman–Crippen LogP) is 2.62. The molecule has 8 nitrogen and oxygen atoms in total. The maximum Gasteiger partial charge on any atom is 0.273 e. The Hall–Kier alpha value is -2.14. The number of nitrogens with one attached hydrogen (secondary N) is 1.